The summed E-state index contributed by atoms with van der Waals surface area (Å²) in [6.07, 6.45) is 11.0. The highest BCUT2D eigenvalue weighted by Crippen LogP contribution is 2.57. The standard InChI is InChI=1S/C19H23BrN2O3/c20-17-7-16(22(24)25)6-15(18(17)23)10-21-11-19-2-1-12-3-13(8-19)5-14(4-12)9-19/h6-7,10,12-14,23H,1-5,8-9,11H2/t12?,13-,14-,19?/m1/s1. The monoisotopic (exact) mass is 406 g/mol. The van der Waals surface area contributed by atoms with E-state index in [0.29, 0.717) is 15.5 Å². The van der Waals surface area contributed by atoms with Crippen molar-refractivity contribution in [2.24, 2.45) is 28.2 Å². The molecule has 1 aromatic carbocycles. The minimum atomic E-state index is -0.454. The van der Waals surface area contributed by atoms with Crippen LogP contribution in [0.3, 0.4) is 0 Å². The van der Waals surface area contributed by atoms with Gasteiger partial charge in [0.2, 0.25) is 0 Å². The Morgan fingerprint density at radius 3 is 2.64 bits per heavy atom. The van der Waals surface area contributed by atoms with Crippen molar-refractivity contribution in [2.75, 3.05) is 6.54 Å². The molecule has 4 fully saturated rings. The fraction of sp³-hybridized carbons (Fsp3) is 0.632. The molecule has 2 atom stereocenters. The normalized spacial score (nSPS) is 33.7. The zero-order chi connectivity index (χ0) is 17.6. The Morgan fingerprint density at radius 2 is 1.96 bits per heavy atom. The van der Waals surface area contributed by atoms with Crippen LogP contribution >= 0.6 is 15.9 Å². The molecule has 0 amide bonds. The molecule has 0 aromatic heterocycles. The number of non-ortho nitro benzene ring substituents is 1. The van der Waals surface area contributed by atoms with Crippen molar-refractivity contribution in [1.29, 1.82) is 0 Å². The number of hydrogen-bond donors (Lipinski definition) is 1. The maximum atomic E-state index is 11.0. The van der Waals surface area contributed by atoms with Crippen LogP contribution in [0.4, 0.5) is 5.69 Å². The van der Waals surface area contributed by atoms with Crippen molar-refractivity contribution in [3.8, 4) is 5.75 Å². The molecule has 0 unspecified atom stereocenters. The number of aromatic hydroxyl groups is 1. The fourth-order valence-electron chi connectivity index (χ4n) is 5.65. The number of nitro benzene ring substituents is 1. The highest BCUT2D eigenvalue weighted by Gasteiger charge is 2.47. The molecule has 0 aliphatic heterocycles. The van der Waals surface area contributed by atoms with Crippen LogP contribution in [0.2, 0.25) is 0 Å². The molecule has 4 aliphatic rings. The molecule has 4 aliphatic carbocycles. The van der Waals surface area contributed by atoms with Gasteiger partial charge in [0.25, 0.3) is 5.69 Å². The summed E-state index contributed by atoms with van der Waals surface area (Å²) >= 11 is 3.18. The van der Waals surface area contributed by atoms with E-state index in [4.69, 9.17) is 0 Å². The van der Waals surface area contributed by atoms with Crippen molar-refractivity contribution in [1.82, 2.24) is 0 Å². The molecule has 0 heterocycles. The van der Waals surface area contributed by atoms with E-state index >= 15 is 0 Å². The number of nitrogens with zero attached hydrogens (tertiary/aromatic N) is 2. The maximum Gasteiger partial charge on any atom is 0.271 e. The van der Waals surface area contributed by atoms with Gasteiger partial charge in [0.15, 0.2) is 0 Å². The Balaban J connectivity index is 1.54. The molecule has 5 rings (SSSR count). The number of nitro groups is 1. The van der Waals surface area contributed by atoms with E-state index in [0.717, 1.165) is 24.3 Å². The van der Waals surface area contributed by atoms with Crippen LogP contribution in [0.5, 0.6) is 5.75 Å². The third-order valence-corrected chi connectivity index (χ3v) is 7.08. The number of phenolic OH excluding ortho intramolecular Hbond substituents is 1. The molecule has 6 heteroatoms. The molecule has 0 spiro atoms. The molecule has 1 N–H and O–H groups in total. The lowest BCUT2D eigenvalue weighted by molar-refractivity contribution is -0.385. The number of halogens is 1. The van der Waals surface area contributed by atoms with Gasteiger partial charge in [-0.15, -0.1) is 0 Å². The lowest BCUT2D eigenvalue weighted by atomic mass is 9.61. The molecule has 134 valence electrons. The molecule has 4 bridgehead atoms. The van der Waals surface area contributed by atoms with Gasteiger partial charge in [-0.25, -0.2) is 0 Å². The van der Waals surface area contributed by atoms with E-state index in [9.17, 15) is 15.2 Å². The maximum absolute atomic E-state index is 11.0. The van der Waals surface area contributed by atoms with Crippen LogP contribution in [0.15, 0.2) is 21.6 Å². The molecular formula is C19H23BrN2O3. The van der Waals surface area contributed by atoms with Crippen LogP contribution in [0, 0.1) is 33.3 Å². The number of rotatable bonds is 4. The van der Waals surface area contributed by atoms with Crippen LogP contribution in [0.25, 0.3) is 0 Å². The van der Waals surface area contributed by atoms with Crippen LogP contribution in [-0.4, -0.2) is 22.8 Å². The predicted octanol–water partition coefficient (Wildman–Crippen LogP) is 5.09. The smallest absolute Gasteiger partial charge is 0.271 e. The van der Waals surface area contributed by atoms with Crippen LogP contribution in [0.1, 0.15) is 50.5 Å². The Morgan fingerprint density at radius 1 is 1.28 bits per heavy atom. The topological polar surface area (TPSA) is 75.7 Å². The van der Waals surface area contributed by atoms with Crippen molar-refractivity contribution >= 4 is 27.8 Å². The van der Waals surface area contributed by atoms with Gasteiger partial charge >= 0.3 is 0 Å². The van der Waals surface area contributed by atoms with Gasteiger partial charge in [0.1, 0.15) is 5.75 Å². The molecular weight excluding hydrogens is 384 g/mol. The first-order valence-corrected chi connectivity index (χ1v) is 9.90. The van der Waals surface area contributed by atoms with Crippen LogP contribution in [-0.2, 0) is 0 Å². The van der Waals surface area contributed by atoms with E-state index in [1.807, 2.05) is 0 Å². The zero-order valence-electron chi connectivity index (χ0n) is 14.2. The zero-order valence-corrected chi connectivity index (χ0v) is 15.7. The quantitative estimate of drug-likeness (QED) is 0.429. The molecule has 5 nitrogen and oxygen atoms in total. The van der Waals surface area contributed by atoms with Crippen molar-refractivity contribution in [2.45, 2.75) is 44.9 Å². The summed E-state index contributed by atoms with van der Waals surface area (Å²) in [4.78, 5) is 15.2. The van der Waals surface area contributed by atoms with Gasteiger partial charge in [-0.2, -0.15) is 0 Å². The van der Waals surface area contributed by atoms with E-state index in [1.165, 1.54) is 57.1 Å². The van der Waals surface area contributed by atoms with Gasteiger partial charge in [0.05, 0.1) is 9.40 Å². The number of phenols is 1. The average Bonchev–Trinajstić information content (AvgIpc) is 2.75. The first-order chi connectivity index (χ1) is 11.9. The molecule has 0 saturated heterocycles. The second kappa shape index (κ2) is 6.38. The van der Waals surface area contributed by atoms with Crippen molar-refractivity contribution in [3.05, 3.63) is 32.3 Å². The Hall–Kier alpha value is -1.43. The summed E-state index contributed by atoms with van der Waals surface area (Å²) in [6, 6.07) is 2.70. The first-order valence-electron chi connectivity index (χ1n) is 9.11. The van der Waals surface area contributed by atoms with Gasteiger partial charge in [-0.05, 0) is 84.0 Å². The van der Waals surface area contributed by atoms with E-state index in [-0.39, 0.29) is 11.4 Å². The van der Waals surface area contributed by atoms with Crippen LogP contribution < -0.4 is 0 Å². The third kappa shape index (κ3) is 3.33. The second-order valence-corrected chi connectivity index (χ2v) is 9.20. The highest BCUT2D eigenvalue weighted by molar-refractivity contribution is 9.10. The average molecular weight is 407 g/mol. The Bertz CT molecular complexity index is 720. The van der Waals surface area contributed by atoms with Crippen molar-refractivity contribution in [3.63, 3.8) is 0 Å². The number of benzene rings is 1. The molecule has 1 aromatic rings. The lowest BCUT2D eigenvalue weighted by Crippen LogP contribution is -2.36. The minimum absolute atomic E-state index is 0.0106. The number of hydrogen-bond acceptors (Lipinski definition) is 4. The summed E-state index contributed by atoms with van der Waals surface area (Å²) in [5.74, 6) is 2.68. The first kappa shape index (κ1) is 17.0. The summed E-state index contributed by atoms with van der Waals surface area (Å²) in [5, 5.41) is 21.2. The minimum Gasteiger partial charge on any atom is -0.506 e. The summed E-state index contributed by atoms with van der Waals surface area (Å²) in [7, 11) is 0. The summed E-state index contributed by atoms with van der Waals surface area (Å²) in [5.41, 5.74) is 0.670. The Kier molecular flexibility index (Phi) is 4.34. The second-order valence-electron chi connectivity index (χ2n) is 8.34. The largest absolute Gasteiger partial charge is 0.506 e. The van der Waals surface area contributed by atoms with E-state index < -0.39 is 4.92 Å². The van der Waals surface area contributed by atoms with Gasteiger partial charge in [-0.3, -0.25) is 15.1 Å². The van der Waals surface area contributed by atoms with Gasteiger partial charge in [0, 0.05) is 30.5 Å². The fourth-order valence-corrected chi connectivity index (χ4v) is 6.11. The predicted molar refractivity (Wildman–Crippen MR) is 100 cm³/mol. The third-order valence-electron chi connectivity index (χ3n) is 6.47. The van der Waals surface area contributed by atoms with E-state index in [2.05, 4.69) is 20.9 Å². The number of aliphatic imine (C=N–C) groups is 1. The molecule has 25 heavy (non-hydrogen) atoms. The SMILES string of the molecule is O=[N+]([O-])c1cc(Br)c(O)c(C=NCC23CCC4C[C@H](C[C@@H](C4)C2)C3)c1. The van der Waals surface area contributed by atoms with Crippen molar-refractivity contribution < 1.29 is 10.0 Å². The summed E-state index contributed by atoms with van der Waals surface area (Å²) in [6.45, 7) is 0.770. The molecule has 0 radical (unpaired) electrons. The highest BCUT2D eigenvalue weighted by atomic mass is 79.9. The molecule has 4 saturated carbocycles. The van der Waals surface area contributed by atoms with E-state index in [1.54, 1.807) is 6.21 Å². The van der Waals surface area contributed by atoms with Gasteiger partial charge < -0.3 is 5.11 Å². The lowest BCUT2D eigenvalue weighted by Gasteiger charge is -2.44. The summed E-state index contributed by atoms with van der Waals surface area (Å²) < 4.78 is 0.328. The number of fused-ring (bicyclic) bond motifs is 1. The van der Waals surface area contributed by atoms with Gasteiger partial charge in [-0.1, -0.05) is 0 Å². The Labute approximate surface area is 155 Å².